The molecule has 0 spiro atoms. The fourth-order valence-electron chi connectivity index (χ4n) is 1.21. The topological polar surface area (TPSA) is 76.7 Å². The normalized spacial score (nSPS) is 10.4. The predicted molar refractivity (Wildman–Crippen MR) is 53.2 cm³/mol. The first-order chi connectivity index (χ1) is 6.68. The van der Waals surface area contributed by atoms with Crippen molar-refractivity contribution in [2.24, 2.45) is 0 Å². The molecule has 0 fully saturated rings. The van der Waals surface area contributed by atoms with E-state index in [4.69, 9.17) is 5.84 Å². The Morgan fingerprint density at radius 3 is 2.50 bits per heavy atom. The van der Waals surface area contributed by atoms with Crippen LogP contribution in [0, 0.1) is 6.92 Å². The molecule has 0 radical (unpaired) electrons. The lowest BCUT2D eigenvalue weighted by molar-refractivity contribution is 0.941. The molecule has 5 nitrogen and oxygen atoms in total. The number of benzene rings is 1. The van der Waals surface area contributed by atoms with Crippen molar-refractivity contribution in [1.82, 2.24) is 14.9 Å². The maximum absolute atomic E-state index is 11.0. The molecule has 0 bridgehead atoms. The van der Waals surface area contributed by atoms with Gasteiger partial charge in [0.25, 0.3) is 0 Å². The lowest BCUT2D eigenvalue weighted by Gasteiger charge is -1.99. The zero-order chi connectivity index (χ0) is 10.1. The quantitative estimate of drug-likeness (QED) is 0.633. The molecule has 2 rings (SSSR count). The lowest BCUT2D eigenvalue weighted by atomic mass is 10.1. The van der Waals surface area contributed by atoms with Crippen LogP contribution < -0.4 is 11.5 Å². The van der Waals surface area contributed by atoms with Gasteiger partial charge in [-0.3, -0.25) is 0 Å². The maximum atomic E-state index is 11.0. The number of H-pyrrole nitrogens is 1. The molecule has 0 atom stereocenters. The van der Waals surface area contributed by atoms with E-state index in [2.05, 4.69) is 10.2 Å². The third-order valence-corrected chi connectivity index (χ3v) is 2.01. The van der Waals surface area contributed by atoms with Crippen LogP contribution in [0.5, 0.6) is 0 Å². The fourth-order valence-corrected chi connectivity index (χ4v) is 1.21. The van der Waals surface area contributed by atoms with E-state index >= 15 is 0 Å². The largest absolute Gasteiger partial charge is 0.362 e. The molecule has 5 heteroatoms. The molecule has 0 aliphatic rings. The molecule has 3 N–H and O–H groups in total. The molecule has 0 aliphatic heterocycles. The van der Waals surface area contributed by atoms with E-state index in [0.29, 0.717) is 5.82 Å². The van der Waals surface area contributed by atoms with Crippen LogP contribution in [-0.2, 0) is 0 Å². The molecule has 2 aromatic rings. The molecule has 0 amide bonds. The Labute approximate surface area is 80.2 Å². The zero-order valence-corrected chi connectivity index (χ0v) is 7.69. The molecular weight excluding hydrogens is 180 g/mol. The number of nitrogens with one attached hydrogen (secondary N) is 1. The average molecular weight is 190 g/mol. The fraction of sp³-hybridized carbons (Fsp3) is 0.111. The van der Waals surface area contributed by atoms with Crippen LogP contribution in [-0.4, -0.2) is 14.9 Å². The Bertz CT molecular complexity index is 494. The van der Waals surface area contributed by atoms with Crippen molar-refractivity contribution in [2.75, 3.05) is 5.84 Å². The minimum Gasteiger partial charge on any atom is -0.333 e. The van der Waals surface area contributed by atoms with Crippen LogP contribution >= 0.6 is 0 Å². The summed E-state index contributed by atoms with van der Waals surface area (Å²) >= 11 is 0. The van der Waals surface area contributed by atoms with Gasteiger partial charge in [-0.25, -0.2) is 9.89 Å². The number of hydrogen-bond acceptors (Lipinski definition) is 3. The maximum Gasteiger partial charge on any atom is 0.362 e. The van der Waals surface area contributed by atoms with Gasteiger partial charge in [0.2, 0.25) is 0 Å². The first-order valence-corrected chi connectivity index (χ1v) is 4.18. The Hall–Kier alpha value is -2.04. The van der Waals surface area contributed by atoms with Crippen LogP contribution in [0.4, 0.5) is 0 Å². The van der Waals surface area contributed by atoms with Gasteiger partial charge in [-0.1, -0.05) is 29.8 Å². The van der Waals surface area contributed by atoms with Crippen LogP contribution in [0.3, 0.4) is 0 Å². The van der Waals surface area contributed by atoms with Crippen LogP contribution in [0.2, 0.25) is 0 Å². The number of aromatic amines is 1. The second-order valence-corrected chi connectivity index (χ2v) is 3.09. The summed E-state index contributed by atoms with van der Waals surface area (Å²) in [7, 11) is 0. The van der Waals surface area contributed by atoms with E-state index < -0.39 is 5.69 Å². The molecule has 0 saturated heterocycles. The predicted octanol–water partition coefficient (Wildman–Crippen LogP) is 0.261. The van der Waals surface area contributed by atoms with Gasteiger partial charge < -0.3 is 5.84 Å². The first kappa shape index (κ1) is 8.55. The number of hydrogen-bond donors (Lipinski definition) is 2. The lowest BCUT2D eigenvalue weighted by Crippen LogP contribution is -2.24. The SMILES string of the molecule is Cc1ccc(-c2n[nH]c(=O)n2N)cc1. The number of nitrogens with two attached hydrogens (primary N) is 1. The molecule has 1 aromatic heterocycles. The molecule has 1 heterocycles. The van der Waals surface area contributed by atoms with Gasteiger partial charge in [0, 0.05) is 5.56 Å². The molecule has 0 aliphatic carbocycles. The van der Waals surface area contributed by atoms with E-state index in [1.54, 1.807) is 0 Å². The number of aromatic nitrogens is 3. The number of nitrogens with zero attached hydrogens (tertiary/aromatic N) is 2. The van der Waals surface area contributed by atoms with E-state index in [1.165, 1.54) is 0 Å². The summed E-state index contributed by atoms with van der Waals surface area (Å²) in [6.07, 6.45) is 0. The Kier molecular flexibility index (Phi) is 1.85. The summed E-state index contributed by atoms with van der Waals surface area (Å²) in [5.41, 5.74) is 1.55. The van der Waals surface area contributed by atoms with Gasteiger partial charge in [0.15, 0.2) is 5.82 Å². The molecule has 0 unspecified atom stereocenters. The van der Waals surface area contributed by atoms with Gasteiger partial charge in [-0.15, -0.1) is 0 Å². The third kappa shape index (κ3) is 1.28. The van der Waals surface area contributed by atoms with Crippen LogP contribution in [0.1, 0.15) is 5.56 Å². The Morgan fingerprint density at radius 1 is 1.36 bits per heavy atom. The van der Waals surface area contributed by atoms with Crippen LogP contribution in [0.15, 0.2) is 29.1 Å². The van der Waals surface area contributed by atoms with Gasteiger partial charge in [-0.2, -0.15) is 9.77 Å². The number of nitrogen functional groups attached to an aromatic ring is 1. The van der Waals surface area contributed by atoms with Gasteiger partial charge in [0.1, 0.15) is 0 Å². The second-order valence-electron chi connectivity index (χ2n) is 3.09. The van der Waals surface area contributed by atoms with Crippen molar-refractivity contribution in [3.63, 3.8) is 0 Å². The molecule has 0 saturated carbocycles. The Balaban J connectivity index is 2.55. The van der Waals surface area contributed by atoms with E-state index in [-0.39, 0.29) is 0 Å². The Morgan fingerprint density at radius 2 is 2.00 bits per heavy atom. The third-order valence-electron chi connectivity index (χ3n) is 2.01. The smallest absolute Gasteiger partial charge is 0.333 e. The number of rotatable bonds is 1. The summed E-state index contributed by atoms with van der Waals surface area (Å²) in [4.78, 5) is 11.0. The highest BCUT2D eigenvalue weighted by Gasteiger charge is 2.06. The van der Waals surface area contributed by atoms with E-state index in [1.807, 2.05) is 31.2 Å². The standard InChI is InChI=1S/C9H10N4O/c1-6-2-4-7(5-3-6)8-11-12-9(14)13(8)10/h2-5H,10H2,1H3,(H,12,14). The highest BCUT2D eigenvalue weighted by Crippen LogP contribution is 2.13. The van der Waals surface area contributed by atoms with Crippen molar-refractivity contribution in [3.8, 4) is 11.4 Å². The van der Waals surface area contributed by atoms with Gasteiger partial charge in [-0.05, 0) is 6.92 Å². The average Bonchev–Trinajstić information content (AvgIpc) is 2.50. The summed E-state index contributed by atoms with van der Waals surface area (Å²) in [5, 5.41) is 6.10. The highest BCUT2D eigenvalue weighted by atomic mass is 16.2. The summed E-state index contributed by atoms with van der Waals surface area (Å²) in [6, 6.07) is 7.62. The van der Waals surface area contributed by atoms with E-state index in [9.17, 15) is 4.79 Å². The van der Waals surface area contributed by atoms with Gasteiger partial charge >= 0.3 is 5.69 Å². The molecular formula is C9H10N4O. The summed E-state index contributed by atoms with van der Waals surface area (Å²) < 4.78 is 0.991. The number of aryl methyl sites for hydroxylation is 1. The van der Waals surface area contributed by atoms with Crippen molar-refractivity contribution in [2.45, 2.75) is 6.92 Å². The van der Waals surface area contributed by atoms with Crippen LogP contribution in [0.25, 0.3) is 11.4 Å². The van der Waals surface area contributed by atoms with Crippen molar-refractivity contribution >= 4 is 0 Å². The summed E-state index contributed by atoms with van der Waals surface area (Å²) in [6.45, 7) is 1.99. The first-order valence-electron chi connectivity index (χ1n) is 4.18. The van der Waals surface area contributed by atoms with Gasteiger partial charge in [0.05, 0.1) is 0 Å². The van der Waals surface area contributed by atoms with Crippen molar-refractivity contribution in [1.29, 1.82) is 0 Å². The highest BCUT2D eigenvalue weighted by molar-refractivity contribution is 5.55. The van der Waals surface area contributed by atoms with Crippen molar-refractivity contribution in [3.05, 3.63) is 40.3 Å². The molecule has 14 heavy (non-hydrogen) atoms. The second kappa shape index (κ2) is 3.02. The molecule has 72 valence electrons. The summed E-state index contributed by atoms with van der Waals surface area (Å²) in [5.74, 6) is 5.92. The minimum absolute atomic E-state index is 0.416. The molecule has 1 aromatic carbocycles. The minimum atomic E-state index is -0.416. The van der Waals surface area contributed by atoms with Crippen molar-refractivity contribution < 1.29 is 0 Å². The zero-order valence-electron chi connectivity index (χ0n) is 7.69. The van der Waals surface area contributed by atoms with E-state index in [0.717, 1.165) is 15.8 Å². The monoisotopic (exact) mass is 190 g/mol.